The van der Waals surface area contributed by atoms with Crippen LogP contribution in [0.4, 0.5) is 18.0 Å². The maximum absolute atomic E-state index is 12.5. The van der Waals surface area contributed by atoms with Crippen molar-refractivity contribution >= 4 is 17.9 Å². The highest BCUT2D eigenvalue weighted by atomic mass is 19.4. The van der Waals surface area contributed by atoms with E-state index in [1.165, 1.54) is 17.0 Å². The number of para-hydroxylation sites is 1. The highest BCUT2D eigenvalue weighted by Crippen LogP contribution is 2.26. The minimum Gasteiger partial charge on any atom is -0.444 e. The number of nitrogens with zero attached hydrogens (tertiary/aromatic N) is 1. The summed E-state index contributed by atoms with van der Waals surface area (Å²) in [5, 5.41) is 0. The molecule has 8 nitrogen and oxygen atoms in total. The third-order valence-corrected chi connectivity index (χ3v) is 4.10. The number of likely N-dealkylation sites (tertiary alicyclic amines) is 1. The molecule has 1 aromatic rings. The molecule has 1 fully saturated rings. The highest BCUT2D eigenvalue weighted by Gasteiger charge is 2.33. The summed E-state index contributed by atoms with van der Waals surface area (Å²) in [5.41, 5.74) is 3.21. The summed E-state index contributed by atoms with van der Waals surface area (Å²) in [4.78, 5) is 38.2. The van der Waals surface area contributed by atoms with Gasteiger partial charge in [-0.2, -0.15) is 0 Å². The standard InChI is InChI=1S/C19H24F3N3O5/c1-18(2,3)30-17(28)25-10-6-7-12(11-25)15(26)23-24-16(27)13-8-4-5-9-14(13)29-19(20,21)22/h4-5,8-9,12H,6-7,10-11H2,1-3H3,(H,23,26)(H,24,27). The summed E-state index contributed by atoms with van der Waals surface area (Å²) in [6, 6.07) is 4.76. The molecule has 1 aliphatic heterocycles. The van der Waals surface area contributed by atoms with Gasteiger partial charge in [0.15, 0.2) is 0 Å². The predicted octanol–water partition coefficient (Wildman–Crippen LogP) is 2.99. The first-order valence-electron chi connectivity index (χ1n) is 9.28. The number of piperidine rings is 1. The van der Waals surface area contributed by atoms with Gasteiger partial charge in [-0.15, -0.1) is 13.2 Å². The Hall–Kier alpha value is -2.98. The summed E-state index contributed by atoms with van der Waals surface area (Å²) >= 11 is 0. The second-order valence-corrected chi connectivity index (χ2v) is 7.75. The number of hydrogen-bond acceptors (Lipinski definition) is 5. The van der Waals surface area contributed by atoms with E-state index in [-0.39, 0.29) is 6.54 Å². The molecule has 0 aromatic heterocycles. The Morgan fingerprint density at radius 3 is 2.40 bits per heavy atom. The minimum atomic E-state index is -4.97. The van der Waals surface area contributed by atoms with E-state index in [1.807, 2.05) is 0 Å². The molecule has 1 saturated heterocycles. The van der Waals surface area contributed by atoms with Gasteiger partial charge in [0.2, 0.25) is 5.91 Å². The molecule has 3 amide bonds. The lowest BCUT2D eigenvalue weighted by Gasteiger charge is -2.33. The normalized spacial score (nSPS) is 17.1. The number of amides is 3. The number of hydrogen-bond donors (Lipinski definition) is 2. The van der Waals surface area contributed by atoms with Gasteiger partial charge in [0.1, 0.15) is 11.4 Å². The van der Waals surface area contributed by atoms with Gasteiger partial charge in [-0.05, 0) is 45.7 Å². The molecule has 2 rings (SSSR count). The molecule has 11 heteroatoms. The highest BCUT2D eigenvalue weighted by molar-refractivity contribution is 5.98. The number of carbonyl (C=O) groups is 3. The van der Waals surface area contributed by atoms with E-state index in [4.69, 9.17) is 4.74 Å². The molecule has 0 saturated carbocycles. The van der Waals surface area contributed by atoms with Crippen molar-refractivity contribution in [3.8, 4) is 5.75 Å². The SMILES string of the molecule is CC(C)(C)OC(=O)N1CCCC(C(=O)NNC(=O)c2ccccc2OC(F)(F)F)C1. The van der Waals surface area contributed by atoms with Crippen molar-refractivity contribution < 1.29 is 37.0 Å². The van der Waals surface area contributed by atoms with Gasteiger partial charge >= 0.3 is 12.5 Å². The summed E-state index contributed by atoms with van der Waals surface area (Å²) in [6.07, 6.45) is -4.46. The zero-order valence-electron chi connectivity index (χ0n) is 16.8. The molecule has 2 N–H and O–H groups in total. The number of carbonyl (C=O) groups excluding carboxylic acids is 3. The average Bonchev–Trinajstić information content (AvgIpc) is 2.63. The third-order valence-electron chi connectivity index (χ3n) is 4.10. The van der Waals surface area contributed by atoms with Gasteiger partial charge in [-0.3, -0.25) is 20.4 Å². The van der Waals surface area contributed by atoms with E-state index in [0.29, 0.717) is 19.4 Å². The Kier molecular flexibility index (Phi) is 7.16. The number of benzene rings is 1. The van der Waals surface area contributed by atoms with Crippen molar-refractivity contribution in [3.05, 3.63) is 29.8 Å². The molecule has 1 aromatic carbocycles. The maximum Gasteiger partial charge on any atom is 0.573 e. The molecule has 166 valence electrons. The molecule has 1 heterocycles. The molecular formula is C19H24F3N3O5. The van der Waals surface area contributed by atoms with Crippen LogP contribution in [0.2, 0.25) is 0 Å². The number of nitrogens with one attached hydrogen (secondary N) is 2. The Labute approximate surface area is 171 Å². The molecule has 30 heavy (non-hydrogen) atoms. The summed E-state index contributed by atoms with van der Waals surface area (Å²) < 4.78 is 46.6. The molecule has 0 bridgehead atoms. The summed E-state index contributed by atoms with van der Waals surface area (Å²) in [5.74, 6) is -2.83. The smallest absolute Gasteiger partial charge is 0.444 e. The lowest BCUT2D eigenvalue weighted by Crippen LogP contribution is -2.50. The van der Waals surface area contributed by atoms with Crippen LogP contribution >= 0.6 is 0 Å². The molecule has 0 spiro atoms. The van der Waals surface area contributed by atoms with Crippen molar-refractivity contribution in [2.24, 2.45) is 5.92 Å². The molecule has 1 aliphatic rings. The number of rotatable bonds is 3. The van der Waals surface area contributed by atoms with E-state index in [2.05, 4.69) is 15.6 Å². The van der Waals surface area contributed by atoms with Gasteiger partial charge < -0.3 is 14.4 Å². The average molecular weight is 431 g/mol. The van der Waals surface area contributed by atoms with E-state index in [9.17, 15) is 27.6 Å². The first-order chi connectivity index (χ1) is 13.9. The van der Waals surface area contributed by atoms with Gasteiger partial charge in [-0.25, -0.2) is 4.79 Å². The number of ether oxygens (including phenoxy) is 2. The van der Waals surface area contributed by atoms with Crippen LogP contribution in [0.1, 0.15) is 44.0 Å². The van der Waals surface area contributed by atoms with E-state index >= 15 is 0 Å². The molecule has 0 aliphatic carbocycles. The lowest BCUT2D eigenvalue weighted by atomic mass is 9.98. The fraction of sp³-hybridized carbons (Fsp3) is 0.526. The summed E-state index contributed by atoms with van der Waals surface area (Å²) in [7, 11) is 0. The number of halogens is 3. The van der Waals surface area contributed by atoms with Crippen LogP contribution in [-0.2, 0) is 9.53 Å². The van der Waals surface area contributed by atoms with Crippen molar-refractivity contribution in [1.29, 1.82) is 0 Å². The quantitative estimate of drug-likeness (QED) is 0.718. The first-order valence-corrected chi connectivity index (χ1v) is 9.28. The van der Waals surface area contributed by atoms with Crippen LogP contribution in [0.5, 0.6) is 5.75 Å². The Morgan fingerprint density at radius 2 is 1.77 bits per heavy atom. The van der Waals surface area contributed by atoms with Gasteiger partial charge in [0, 0.05) is 13.1 Å². The lowest BCUT2D eigenvalue weighted by molar-refractivity contribution is -0.274. The second kappa shape index (κ2) is 9.23. The fourth-order valence-corrected chi connectivity index (χ4v) is 2.84. The second-order valence-electron chi connectivity index (χ2n) is 7.75. The van der Waals surface area contributed by atoms with E-state index in [1.54, 1.807) is 20.8 Å². The molecule has 1 unspecified atom stereocenters. The van der Waals surface area contributed by atoms with Crippen molar-refractivity contribution in [2.45, 2.75) is 45.6 Å². The molecular weight excluding hydrogens is 407 g/mol. The molecule has 1 atom stereocenters. The monoisotopic (exact) mass is 431 g/mol. The largest absolute Gasteiger partial charge is 0.573 e. The maximum atomic E-state index is 12.5. The van der Waals surface area contributed by atoms with Crippen LogP contribution in [0.15, 0.2) is 24.3 Å². The van der Waals surface area contributed by atoms with Crippen LogP contribution in [0.3, 0.4) is 0 Å². The molecule has 0 radical (unpaired) electrons. The fourth-order valence-electron chi connectivity index (χ4n) is 2.84. The first kappa shape index (κ1) is 23.3. The topological polar surface area (TPSA) is 97.0 Å². The Balaban J connectivity index is 1.94. The van der Waals surface area contributed by atoms with Crippen LogP contribution in [-0.4, -0.2) is 47.9 Å². The van der Waals surface area contributed by atoms with Crippen molar-refractivity contribution in [3.63, 3.8) is 0 Å². The Bertz CT molecular complexity index is 792. The summed E-state index contributed by atoms with van der Waals surface area (Å²) in [6.45, 7) is 5.73. The predicted molar refractivity (Wildman–Crippen MR) is 99.3 cm³/mol. The number of hydrazine groups is 1. The number of alkyl halides is 3. The van der Waals surface area contributed by atoms with Crippen molar-refractivity contribution in [1.82, 2.24) is 15.8 Å². The van der Waals surface area contributed by atoms with Gasteiger partial charge in [-0.1, -0.05) is 12.1 Å². The van der Waals surface area contributed by atoms with E-state index in [0.717, 1.165) is 12.1 Å². The zero-order valence-corrected chi connectivity index (χ0v) is 16.8. The van der Waals surface area contributed by atoms with Crippen molar-refractivity contribution in [2.75, 3.05) is 13.1 Å². The van der Waals surface area contributed by atoms with Gasteiger partial charge in [0.05, 0.1) is 11.5 Å². The van der Waals surface area contributed by atoms with Crippen LogP contribution in [0.25, 0.3) is 0 Å². The third kappa shape index (κ3) is 7.12. The van der Waals surface area contributed by atoms with Crippen LogP contribution in [0, 0.1) is 5.92 Å². The van der Waals surface area contributed by atoms with Gasteiger partial charge in [0.25, 0.3) is 5.91 Å². The van der Waals surface area contributed by atoms with E-state index < -0.39 is 47.1 Å². The minimum absolute atomic E-state index is 0.102. The Morgan fingerprint density at radius 1 is 1.10 bits per heavy atom. The van der Waals surface area contributed by atoms with Crippen LogP contribution < -0.4 is 15.6 Å². The zero-order chi connectivity index (χ0) is 22.5.